The van der Waals surface area contributed by atoms with Crippen LogP contribution < -0.4 is 0 Å². The predicted molar refractivity (Wildman–Crippen MR) is 68.6 cm³/mol. The van der Waals surface area contributed by atoms with E-state index in [0.717, 1.165) is 17.4 Å². The van der Waals surface area contributed by atoms with E-state index in [2.05, 4.69) is 48.7 Å². The highest BCUT2D eigenvalue weighted by molar-refractivity contribution is 9.10. The van der Waals surface area contributed by atoms with Crippen molar-refractivity contribution in [3.63, 3.8) is 0 Å². The molecule has 1 aromatic heterocycles. The number of Topliss-reactive ketones (excluding diaryl/α,β-unsaturated/α-hetero) is 1. The first-order chi connectivity index (χ1) is 7.35. The van der Waals surface area contributed by atoms with Gasteiger partial charge in [0.2, 0.25) is 0 Å². The van der Waals surface area contributed by atoms with Gasteiger partial charge in [0, 0.05) is 13.0 Å². The second-order valence-electron chi connectivity index (χ2n) is 5.22. The van der Waals surface area contributed by atoms with Crippen LogP contribution in [0.3, 0.4) is 0 Å². The normalized spacial score (nSPS) is 11.8. The molecule has 0 aliphatic heterocycles. The highest BCUT2D eigenvalue weighted by Crippen LogP contribution is 2.25. The first-order valence-corrected chi connectivity index (χ1v) is 6.39. The first-order valence-electron chi connectivity index (χ1n) is 5.59. The molecule has 0 bridgehead atoms. The lowest BCUT2D eigenvalue weighted by molar-refractivity contribution is 0.0928. The van der Waals surface area contributed by atoms with Gasteiger partial charge in [0.05, 0.1) is 10.7 Å². The van der Waals surface area contributed by atoms with Crippen molar-refractivity contribution in [3.8, 4) is 0 Å². The minimum atomic E-state index is 0.0117. The van der Waals surface area contributed by atoms with Gasteiger partial charge in [-0.25, -0.2) is 0 Å². The van der Waals surface area contributed by atoms with Crippen LogP contribution in [0.5, 0.6) is 0 Å². The lowest BCUT2D eigenvalue weighted by Gasteiger charge is -2.17. The molecule has 0 unspecified atom stereocenters. The van der Waals surface area contributed by atoms with Crippen LogP contribution in [0.1, 0.15) is 51.0 Å². The Labute approximate surface area is 105 Å². The summed E-state index contributed by atoms with van der Waals surface area (Å²) in [5.41, 5.74) is 0.717. The number of halogens is 1. The Balaban J connectivity index is 2.93. The molecule has 0 atom stereocenters. The van der Waals surface area contributed by atoms with Crippen molar-refractivity contribution in [3.05, 3.63) is 16.4 Å². The Kier molecular flexibility index (Phi) is 4.30. The van der Waals surface area contributed by atoms with Gasteiger partial charge < -0.3 is 0 Å². The average molecular weight is 287 g/mol. The number of rotatable bonds is 4. The zero-order valence-corrected chi connectivity index (χ0v) is 12.0. The van der Waals surface area contributed by atoms with Crippen LogP contribution in [0.4, 0.5) is 0 Å². The smallest absolute Gasteiger partial charge is 0.182 e. The number of carbonyl (C=O) groups excluding carboxylic acids is 1. The summed E-state index contributed by atoms with van der Waals surface area (Å²) < 4.78 is 2.59. The monoisotopic (exact) mass is 286 g/mol. The van der Waals surface area contributed by atoms with E-state index in [4.69, 9.17) is 0 Å². The Bertz CT molecular complexity index is 377. The SMILES string of the molecule is CCCn1ncc(Br)c1C(=O)CC(C)(C)C. The second kappa shape index (κ2) is 5.13. The van der Waals surface area contributed by atoms with Crippen molar-refractivity contribution >= 4 is 21.7 Å². The summed E-state index contributed by atoms with van der Waals surface area (Å²) in [6, 6.07) is 0. The zero-order valence-electron chi connectivity index (χ0n) is 10.4. The third kappa shape index (κ3) is 3.44. The predicted octanol–water partition coefficient (Wildman–Crippen LogP) is 3.67. The van der Waals surface area contributed by atoms with Crippen LogP contribution >= 0.6 is 15.9 Å². The summed E-state index contributed by atoms with van der Waals surface area (Å²) in [5, 5.41) is 4.21. The average Bonchev–Trinajstić information content (AvgIpc) is 2.44. The summed E-state index contributed by atoms with van der Waals surface area (Å²) in [6.07, 6.45) is 3.22. The number of hydrogen-bond acceptors (Lipinski definition) is 2. The lowest BCUT2D eigenvalue weighted by atomic mass is 9.89. The highest BCUT2D eigenvalue weighted by atomic mass is 79.9. The zero-order chi connectivity index (χ0) is 12.3. The summed E-state index contributed by atoms with van der Waals surface area (Å²) >= 11 is 3.39. The molecular weight excluding hydrogens is 268 g/mol. The van der Waals surface area contributed by atoms with E-state index in [-0.39, 0.29) is 11.2 Å². The maximum Gasteiger partial charge on any atom is 0.182 e. The van der Waals surface area contributed by atoms with Crippen molar-refractivity contribution in [2.24, 2.45) is 5.41 Å². The fourth-order valence-electron chi connectivity index (χ4n) is 1.59. The summed E-state index contributed by atoms with van der Waals surface area (Å²) in [7, 11) is 0. The van der Waals surface area contributed by atoms with E-state index < -0.39 is 0 Å². The molecular formula is C12H19BrN2O. The lowest BCUT2D eigenvalue weighted by Crippen LogP contribution is -2.17. The fourth-order valence-corrected chi connectivity index (χ4v) is 2.10. The van der Waals surface area contributed by atoms with E-state index in [0.29, 0.717) is 12.1 Å². The number of aryl methyl sites for hydroxylation is 1. The summed E-state index contributed by atoms with van der Waals surface area (Å²) in [5.74, 6) is 0.158. The molecule has 0 radical (unpaired) electrons. The first kappa shape index (κ1) is 13.4. The molecule has 1 heterocycles. The molecule has 3 nitrogen and oxygen atoms in total. The van der Waals surface area contributed by atoms with Crippen molar-refractivity contribution in [2.45, 2.75) is 47.1 Å². The van der Waals surface area contributed by atoms with Crippen molar-refractivity contribution in [1.29, 1.82) is 0 Å². The molecule has 0 aliphatic rings. The molecule has 0 saturated carbocycles. The molecule has 0 spiro atoms. The van der Waals surface area contributed by atoms with E-state index in [9.17, 15) is 4.79 Å². The molecule has 0 amide bonds. The van der Waals surface area contributed by atoms with E-state index in [1.54, 1.807) is 10.9 Å². The van der Waals surface area contributed by atoms with Gasteiger partial charge >= 0.3 is 0 Å². The number of nitrogens with zero attached hydrogens (tertiary/aromatic N) is 2. The van der Waals surface area contributed by atoms with E-state index in [1.807, 2.05) is 0 Å². The molecule has 0 N–H and O–H groups in total. The largest absolute Gasteiger partial charge is 0.292 e. The highest BCUT2D eigenvalue weighted by Gasteiger charge is 2.22. The molecule has 0 saturated heterocycles. The maximum absolute atomic E-state index is 12.1. The minimum Gasteiger partial charge on any atom is -0.292 e. The molecule has 1 rings (SSSR count). The van der Waals surface area contributed by atoms with Gasteiger partial charge in [0.15, 0.2) is 5.78 Å². The van der Waals surface area contributed by atoms with Gasteiger partial charge in [-0.15, -0.1) is 0 Å². The van der Waals surface area contributed by atoms with Crippen LogP contribution in [-0.4, -0.2) is 15.6 Å². The summed E-state index contributed by atoms with van der Waals surface area (Å²) in [6.45, 7) is 9.07. The topological polar surface area (TPSA) is 34.9 Å². The Morgan fingerprint density at radius 2 is 2.12 bits per heavy atom. The van der Waals surface area contributed by atoms with Crippen LogP contribution in [0.15, 0.2) is 10.7 Å². The van der Waals surface area contributed by atoms with Crippen molar-refractivity contribution in [1.82, 2.24) is 9.78 Å². The molecule has 0 fully saturated rings. The van der Waals surface area contributed by atoms with Gasteiger partial charge in [0.1, 0.15) is 5.69 Å². The second-order valence-corrected chi connectivity index (χ2v) is 6.08. The number of ketones is 1. The maximum atomic E-state index is 12.1. The molecule has 1 aromatic rings. The van der Waals surface area contributed by atoms with Crippen LogP contribution in [-0.2, 0) is 6.54 Å². The van der Waals surface area contributed by atoms with Gasteiger partial charge in [-0.1, -0.05) is 27.7 Å². The standard InChI is InChI=1S/C12H19BrN2O/c1-5-6-15-11(9(13)8-14-15)10(16)7-12(2,3)4/h8H,5-7H2,1-4H3. The van der Waals surface area contributed by atoms with Gasteiger partial charge in [-0.05, 0) is 27.8 Å². The van der Waals surface area contributed by atoms with Crippen molar-refractivity contribution in [2.75, 3.05) is 0 Å². The minimum absolute atomic E-state index is 0.0117. The summed E-state index contributed by atoms with van der Waals surface area (Å²) in [4.78, 5) is 12.1. The Morgan fingerprint density at radius 3 is 2.62 bits per heavy atom. The van der Waals surface area contributed by atoms with E-state index >= 15 is 0 Å². The van der Waals surface area contributed by atoms with Crippen LogP contribution in [0.25, 0.3) is 0 Å². The third-order valence-electron chi connectivity index (χ3n) is 2.19. The van der Waals surface area contributed by atoms with Crippen LogP contribution in [0, 0.1) is 5.41 Å². The Morgan fingerprint density at radius 1 is 1.50 bits per heavy atom. The van der Waals surface area contributed by atoms with Gasteiger partial charge in [-0.3, -0.25) is 9.48 Å². The number of hydrogen-bond donors (Lipinski definition) is 0. The molecule has 16 heavy (non-hydrogen) atoms. The number of carbonyl (C=O) groups is 1. The molecule has 0 aromatic carbocycles. The van der Waals surface area contributed by atoms with E-state index in [1.165, 1.54) is 0 Å². The van der Waals surface area contributed by atoms with Gasteiger partial charge in [-0.2, -0.15) is 5.10 Å². The molecule has 0 aliphatic carbocycles. The molecule has 4 heteroatoms. The fraction of sp³-hybridized carbons (Fsp3) is 0.667. The van der Waals surface area contributed by atoms with Crippen molar-refractivity contribution < 1.29 is 4.79 Å². The Hall–Kier alpha value is -0.640. The third-order valence-corrected chi connectivity index (χ3v) is 2.77. The van der Waals surface area contributed by atoms with Crippen LogP contribution in [0.2, 0.25) is 0 Å². The number of aromatic nitrogens is 2. The quantitative estimate of drug-likeness (QED) is 0.792. The molecule has 90 valence electrons. The van der Waals surface area contributed by atoms with Gasteiger partial charge in [0.25, 0.3) is 0 Å².